The van der Waals surface area contributed by atoms with E-state index in [0.717, 1.165) is 0 Å². The molecule has 2 N–H and O–H groups in total. The van der Waals surface area contributed by atoms with Crippen LogP contribution in [0.2, 0.25) is 5.02 Å². The summed E-state index contributed by atoms with van der Waals surface area (Å²) < 4.78 is 19.7. The van der Waals surface area contributed by atoms with Crippen LogP contribution in [0.4, 0.5) is 9.18 Å². The van der Waals surface area contributed by atoms with Gasteiger partial charge < -0.3 is 15.4 Å². The zero-order valence-electron chi connectivity index (χ0n) is 13.1. The number of nitrogens with zero attached hydrogens (tertiary/aromatic N) is 1. The van der Waals surface area contributed by atoms with Gasteiger partial charge in [0.1, 0.15) is 11.4 Å². The molecule has 1 amide bonds. The molecule has 0 saturated carbocycles. The molecule has 1 fully saturated rings. The highest BCUT2D eigenvalue weighted by atomic mass is 35.5. The van der Waals surface area contributed by atoms with Crippen molar-refractivity contribution in [2.24, 2.45) is 5.73 Å². The van der Waals surface area contributed by atoms with Crippen LogP contribution in [0.1, 0.15) is 45.2 Å². The quantitative estimate of drug-likeness (QED) is 0.851. The number of likely N-dealkylation sites (tertiary alicyclic amines) is 1. The molecule has 6 heteroatoms. The number of amides is 1. The van der Waals surface area contributed by atoms with Crippen molar-refractivity contribution in [2.45, 2.75) is 51.3 Å². The van der Waals surface area contributed by atoms with E-state index in [0.29, 0.717) is 30.0 Å². The van der Waals surface area contributed by atoms with Crippen molar-refractivity contribution < 1.29 is 13.9 Å². The molecule has 1 aromatic carbocycles. The van der Waals surface area contributed by atoms with E-state index in [1.54, 1.807) is 37.8 Å². The predicted octanol–water partition coefficient (Wildman–Crippen LogP) is 3.88. The van der Waals surface area contributed by atoms with E-state index in [1.165, 1.54) is 6.07 Å². The average molecular weight is 329 g/mol. The van der Waals surface area contributed by atoms with Crippen LogP contribution in [-0.4, -0.2) is 29.2 Å². The summed E-state index contributed by atoms with van der Waals surface area (Å²) in [5, 5.41) is 0.324. The minimum Gasteiger partial charge on any atom is -0.444 e. The van der Waals surface area contributed by atoms with Gasteiger partial charge in [0.25, 0.3) is 0 Å². The number of rotatable bonds is 1. The van der Waals surface area contributed by atoms with E-state index in [4.69, 9.17) is 22.1 Å². The van der Waals surface area contributed by atoms with Gasteiger partial charge in [0.15, 0.2) is 0 Å². The van der Waals surface area contributed by atoms with E-state index in [1.807, 2.05) is 0 Å². The second-order valence-corrected chi connectivity index (χ2v) is 7.08. The average Bonchev–Trinajstić information content (AvgIpc) is 2.36. The van der Waals surface area contributed by atoms with Gasteiger partial charge in [-0.3, -0.25) is 0 Å². The first kappa shape index (κ1) is 17.0. The molecule has 2 unspecified atom stereocenters. The number of carbonyl (C=O) groups excluding carboxylic acids is 1. The molecule has 1 aromatic rings. The molecule has 2 rings (SSSR count). The van der Waals surface area contributed by atoms with Gasteiger partial charge in [0.05, 0.1) is 6.04 Å². The van der Waals surface area contributed by atoms with Crippen molar-refractivity contribution in [1.82, 2.24) is 4.90 Å². The van der Waals surface area contributed by atoms with Gasteiger partial charge in [-0.2, -0.15) is 0 Å². The van der Waals surface area contributed by atoms with Crippen molar-refractivity contribution in [3.8, 4) is 0 Å². The number of nitrogens with two attached hydrogens (primary N) is 1. The third-order valence-electron chi connectivity index (χ3n) is 3.59. The van der Waals surface area contributed by atoms with Crippen LogP contribution < -0.4 is 5.73 Å². The molecule has 1 aliphatic heterocycles. The van der Waals surface area contributed by atoms with Crippen LogP contribution in [0.3, 0.4) is 0 Å². The molecule has 2 atom stereocenters. The lowest BCUT2D eigenvalue weighted by Crippen LogP contribution is -2.47. The number of hydrogen-bond acceptors (Lipinski definition) is 3. The molecule has 1 aliphatic rings. The van der Waals surface area contributed by atoms with Gasteiger partial charge in [0.2, 0.25) is 0 Å². The molecule has 0 aliphatic carbocycles. The predicted molar refractivity (Wildman–Crippen MR) is 84.3 cm³/mol. The molecular weight excluding hydrogens is 307 g/mol. The summed E-state index contributed by atoms with van der Waals surface area (Å²) in [5.74, 6) is -0.430. The maximum absolute atomic E-state index is 14.2. The maximum atomic E-state index is 14.2. The fourth-order valence-corrected chi connectivity index (χ4v) is 2.76. The molecule has 0 aromatic heterocycles. The lowest BCUT2D eigenvalue weighted by molar-refractivity contribution is 0.00759. The second-order valence-electron chi connectivity index (χ2n) is 6.64. The van der Waals surface area contributed by atoms with Crippen LogP contribution in [0, 0.1) is 5.82 Å². The number of carbonyl (C=O) groups is 1. The normalized spacial score (nSPS) is 22.5. The summed E-state index contributed by atoms with van der Waals surface area (Å²) in [7, 11) is 0. The summed E-state index contributed by atoms with van der Waals surface area (Å²) in [6, 6.07) is 3.98. The molecular formula is C16H22ClFN2O2. The Morgan fingerprint density at radius 1 is 1.45 bits per heavy atom. The lowest BCUT2D eigenvalue weighted by Gasteiger charge is -2.39. The van der Waals surface area contributed by atoms with Crippen LogP contribution in [-0.2, 0) is 4.74 Å². The summed E-state index contributed by atoms with van der Waals surface area (Å²) in [5.41, 5.74) is 5.83. The van der Waals surface area contributed by atoms with Crippen molar-refractivity contribution >= 4 is 17.7 Å². The fourth-order valence-electron chi connectivity index (χ4n) is 2.60. The Balaban J connectivity index is 2.29. The summed E-state index contributed by atoms with van der Waals surface area (Å²) >= 11 is 5.80. The van der Waals surface area contributed by atoms with Crippen LogP contribution in [0.5, 0.6) is 0 Å². The summed E-state index contributed by atoms with van der Waals surface area (Å²) in [6.45, 7) is 5.86. The van der Waals surface area contributed by atoms with Crippen molar-refractivity contribution in [3.63, 3.8) is 0 Å². The molecule has 122 valence electrons. The molecule has 1 saturated heterocycles. The Morgan fingerprint density at radius 3 is 2.73 bits per heavy atom. The number of hydrogen-bond donors (Lipinski definition) is 1. The van der Waals surface area contributed by atoms with Gasteiger partial charge in [-0.15, -0.1) is 0 Å². The topological polar surface area (TPSA) is 55.6 Å². The SMILES string of the molecule is CC(C)(C)OC(=O)N1CCC(N)CC1c1ccc(Cl)cc1F. The van der Waals surface area contributed by atoms with Gasteiger partial charge in [-0.25, -0.2) is 9.18 Å². The summed E-state index contributed by atoms with van der Waals surface area (Å²) in [4.78, 5) is 14.0. The third-order valence-corrected chi connectivity index (χ3v) is 3.83. The minimum absolute atomic E-state index is 0.0706. The highest BCUT2D eigenvalue weighted by Crippen LogP contribution is 2.34. The minimum atomic E-state index is -0.597. The Kier molecular flexibility index (Phi) is 4.97. The fraction of sp³-hybridized carbons (Fsp3) is 0.562. The molecule has 0 spiro atoms. The van der Waals surface area contributed by atoms with E-state index < -0.39 is 23.6 Å². The van der Waals surface area contributed by atoms with Gasteiger partial charge in [-0.1, -0.05) is 17.7 Å². The lowest BCUT2D eigenvalue weighted by atomic mass is 9.92. The van der Waals surface area contributed by atoms with Gasteiger partial charge in [0, 0.05) is 23.2 Å². The van der Waals surface area contributed by atoms with E-state index >= 15 is 0 Å². The standard InChI is InChI=1S/C16H22ClFN2O2/c1-16(2,3)22-15(21)20-7-6-11(19)9-14(20)12-5-4-10(17)8-13(12)18/h4-5,8,11,14H,6-7,9,19H2,1-3H3. The number of halogens is 2. The smallest absolute Gasteiger partial charge is 0.410 e. The van der Waals surface area contributed by atoms with E-state index in [9.17, 15) is 9.18 Å². The van der Waals surface area contributed by atoms with Crippen LogP contribution in [0.15, 0.2) is 18.2 Å². The number of ether oxygens (including phenoxy) is 1. The second kappa shape index (κ2) is 6.42. The number of piperidine rings is 1. The Labute approximate surface area is 135 Å². The summed E-state index contributed by atoms with van der Waals surface area (Å²) in [6.07, 6.45) is 0.724. The van der Waals surface area contributed by atoms with E-state index in [-0.39, 0.29) is 6.04 Å². The molecule has 22 heavy (non-hydrogen) atoms. The van der Waals surface area contributed by atoms with Crippen molar-refractivity contribution in [2.75, 3.05) is 6.54 Å². The van der Waals surface area contributed by atoms with Crippen molar-refractivity contribution in [3.05, 3.63) is 34.6 Å². The highest BCUT2D eigenvalue weighted by molar-refractivity contribution is 6.30. The Bertz CT molecular complexity index is 560. The molecule has 0 bridgehead atoms. The first-order chi connectivity index (χ1) is 10.2. The third kappa shape index (κ3) is 4.11. The first-order valence-corrected chi connectivity index (χ1v) is 7.75. The molecule has 1 heterocycles. The highest BCUT2D eigenvalue weighted by Gasteiger charge is 2.35. The molecule has 0 radical (unpaired) electrons. The Morgan fingerprint density at radius 2 is 2.14 bits per heavy atom. The largest absolute Gasteiger partial charge is 0.444 e. The van der Waals surface area contributed by atoms with Crippen molar-refractivity contribution in [1.29, 1.82) is 0 Å². The zero-order valence-corrected chi connectivity index (χ0v) is 13.9. The van der Waals surface area contributed by atoms with Gasteiger partial charge in [-0.05, 0) is 45.7 Å². The molecule has 4 nitrogen and oxygen atoms in total. The monoisotopic (exact) mass is 328 g/mol. The zero-order chi connectivity index (χ0) is 16.5. The van der Waals surface area contributed by atoms with Crippen LogP contribution in [0.25, 0.3) is 0 Å². The first-order valence-electron chi connectivity index (χ1n) is 7.37. The Hall–Kier alpha value is -1.33. The van der Waals surface area contributed by atoms with E-state index in [2.05, 4.69) is 0 Å². The number of benzene rings is 1. The maximum Gasteiger partial charge on any atom is 0.410 e. The van der Waals surface area contributed by atoms with Crippen LogP contribution >= 0.6 is 11.6 Å². The van der Waals surface area contributed by atoms with Gasteiger partial charge >= 0.3 is 6.09 Å².